The summed E-state index contributed by atoms with van der Waals surface area (Å²) in [6, 6.07) is 5.32. The molecule has 0 radical (unpaired) electrons. The number of nitrogens with zero attached hydrogens (tertiary/aromatic N) is 5. The molecule has 1 saturated heterocycles. The monoisotopic (exact) mass is 261 g/mol. The third kappa shape index (κ3) is 2.98. The summed E-state index contributed by atoms with van der Waals surface area (Å²) >= 11 is 0. The number of hydrogen-bond acceptors (Lipinski definition) is 6. The fraction of sp³-hybridized carbons (Fsp3) is 0.500. The van der Waals surface area contributed by atoms with Crippen molar-refractivity contribution in [3.63, 3.8) is 0 Å². The van der Waals surface area contributed by atoms with Gasteiger partial charge < -0.3 is 4.90 Å². The molecule has 7 nitrogen and oxygen atoms in total. The van der Waals surface area contributed by atoms with Crippen molar-refractivity contribution >= 4 is 11.5 Å². The molecule has 2 heterocycles. The molecule has 19 heavy (non-hydrogen) atoms. The molecule has 0 amide bonds. The lowest BCUT2D eigenvalue weighted by Gasteiger charge is -2.34. The lowest BCUT2D eigenvalue weighted by molar-refractivity contribution is -0.385. The first-order chi connectivity index (χ1) is 9.11. The van der Waals surface area contributed by atoms with Crippen molar-refractivity contribution in [2.45, 2.75) is 6.92 Å². The standard InChI is InChI=1S/C12H15N5O2/c1-10-11(17(18)19)2-3-12(14-10)16-8-6-15(5-4-13)7-9-16/h2-3H,5-9H2,1H3. The minimum Gasteiger partial charge on any atom is -0.354 e. The number of nitro groups is 1. The molecule has 0 saturated carbocycles. The van der Waals surface area contributed by atoms with Gasteiger partial charge in [0.2, 0.25) is 0 Å². The zero-order valence-electron chi connectivity index (χ0n) is 10.7. The van der Waals surface area contributed by atoms with Crippen LogP contribution in [0.4, 0.5) is 11.5 Å². The summed E-state index contributed by atoms with van der Waals surface area (Å²) in [4.78, 5) is 18.8. The molecule has 1 aliphatic heterocycles. The predicted octanol–water partition coefficient (Wildman–Crippen LogP) is 0.944. The van der Waals surface area contributed by atoms with Crippen LogP contribution in [-0.4, -0.2) is 47.5 Å². The van der Waals surface area contributed by atoms with E-state index in [-0.39, 0.29) is 5.69 Å². The number of anilines is 1. The predicted molar refractivity (Wildman–Crippen MR) is 69.9 cm³/mol. The molecule has 1 aliphatic rings. The number of hydrogen-bond donors (Lipinski definition) is 0. The zero-order valence-corrected chi connectivity index (χ0v) is 10.7. The number of aromatic nitrogens is 1. The average Bonchev–Trinajstić information content (AvgIpc) is 2.39. The average molecular weight is 261 g/mol. The Morgan fingerprint density at radius 2 is 2.11 bits per heavy atom. The van der Waals surface area contributed by atoms with Crippen molar-refractivity contribution in [2.24, 2.45) is 0 Å². The zero-order chi connectivity index (χ0) is 13.8. The second kappa shape index (κ2) is 5.63. The van der Waals surface area contributed by atoms with E-state index in [1.807, 2.05) is 0 Å². The molecule has 0 bridgehead atoms. The Kier molecular flexibility index (Phi) is 3.92. The molecule has 0 atom stereocenters. The van der Waals surface area contributed by atoms with E-state index in [1.165, 1.54) is 6.07 Å². The molecule has 0 aliphatic carbocycles. The van der Waals surface area contributed by atoms with E-state index in [4.69, 9.17) is 5.26 Å². The number of piperazine rings is 1. The normalized spacial score (nSPS) is 16.1. The maximum absolute atomic E-state index is 10.7. The Labute approximate surface area is 111 Å². The quantitative estimate of drug-likeness (QED) is 0.457. The van der Waals surface area contributed by atoms with Gasteiger partial charge in [-0.25, -0.2) is 4.98 Å². The maximum Gasteiger partial charge on any atom is 0.290 e. The van der Waals surface area contributed by atoms with E-state index >= 15 is 0 Å². The first kappa shape index (κ1) is 13.2. The van der Waals surface area contributed by atoms with Crippen LogP contribution in [0.2, 0.25) is 0 Å². The Bertz CT molecular complexity index is 517. The van der Waals surface area contributed by atoms with Crippen LogP contribution in [-0.2, 0) is 0 Å². The molecule has 2 rings (SSSR count). The molecule has 0 unspecified atom stereocenters. The van der Waals surface area contributed by atoms with E-state index in [1.54, 1.807) is 13.0 Å². The summed E-state index contributed by atoms with van der Waals surface area (Å²) in [6.45, 7) is 5.28. The van der Waals surface area contributed by atoms with Crippen LogP contribution in [0.5, 0.6) is 0 Å². The highest BCUT2D eigenvalue weighted by atomic mass is 16.6. The number of pyridine rings is 1. The largest absolute Gasteiger partial charge is 0.354 e. The van der Waals surface area contributed by atoms with Gasteiger partial charge in [-0.1, -0.05) is 0 Å². The smallest absolute Gasteiger partial charge is 0.290 e. The van der Waals surface area contributed by atoms with Crippen LogP contribution >= 0.6 is 0 Å². The summed E-state index contributed by atoms with van der Waals surface area (Å²) in [6.07, 6.45) is 0. The van der Waals surface area contributed by atoms with Gasteiger partial charge in [0.1, 0.15) is 11.5 Å². The third-order valence-corrected chi connectivity index (χ3v) is 3.23. The minimum atomic E-state index is -0.420. The van der Waals surface area contributed by atoms with Gasteiger partial charge >= 0.3 is 0 Å². The second-order valence-electron chi connectivity index (χ2n) is 4.45. The first-order valence-electron chi connectivity index (χ1n) is 6.08. The minimum absolute atomic E-state index is 0.0480. The molecule has 0 N–H and O–H groups in total. The Morgan fingerprint density at radius 1 is 1.42 bits per heavy atom. The van der Waals surface area contributed by atoms with Crippen LogP contribution < -0.4 is 4.90 Å². The topological polar surface area (TPSA) is 86.3 Å². The van der Waals surface area contributed by atoms with E-state index in [2.05, 4.69) is 20.9 Å². The van der Waals surface area contributed by atoms with Crippen molar-refractivity contribution < 1.29 is 4.92 Å². The molecule has 1 aromatic rings. The highest BCUT2D eigenvalue weighted by molar-refractivity contribution is 5.47. The van der Waals surface area contributed by atoms with Gasteiger partial charge in [0, 0.05) is 32.2 Å². The molecule has 1 aromatic heterocycles. The molecule has 100 valence electrons. The molecule has 7 heteroatoms. The van der Waals surface area contributed by atoms with Gasteiger partial charge in [-0.15, -0.1) is 0 Å². The summed E-state index contributed by atoms with van der Waals surface area (Å²) in [5.74, 6) is 0.764. The third-order valence-electron chi connectivity index (χ3n) is 3.23. The van der Waals surface area contributed by atoms with Crippen molar-refractivity contribution in [1.82, 2.24) is 9.88 Å². The summed E-state index contributed by atoms with van der Waals surface area (Å²) in [5, 5.41) is 19.4. The van der Waals surface area contributed by atoms with E-state index in [9.17, 15) is 10.1 Å². The molecule has 0 aromatic carbocycles. The lowest BCUT2D eigenvalue weighted by atomic mass is 10.2. The van der Waals surface area contributed by atoms with Crippen LogP contribution in [0, 0.1) is 28.4 Å². The first-order valence-corrected chi connectivity index (χ1v) is 6.08. The van der Waals surface area contributed by atoms with E-state index < -0.39 is 4.92 Å². The van der Waals surface area contributed by atoms with Crippen molar-refractivity contribution in [2.75, 3.05) is 37.6 Å². The van der Waals surface area contributed by atoms with Gasteiger partial charge in [0.25, 0.3) is 5.69 Å². The second-order valence-corrected chi connectivity index (χ2v) is 4.45. The van der Waals surface area contributed by atoms with Crippen LogP contribution in [0.15, 0.2) is 12.1 Å². The summed E-state index contributed by atoms with van der Waals surface area (Å²) in [5.41, 5.74) is 0.480. The van der Waals surface area contributed by atoms with Crippen LogP contribution in [0.3, 0.4) is 0 Å². The lowest BCUT2D eigenvalue weighted by Crippen LogP contribution is -2.46. The Hall–Kier alpha value is -2.20. The fourth-order valence-corrected chi connectivity index (χ4v) is 2.14. The van der Waals surface area contributed by atoms with Crippen LogP contribution in [0.1, 0.15) is 5.69 Å². The van der Waals surface area contributed by atoms with Crippen molar-refractivity contribution in [3.8, 4) is 6.07 Å². The van der Waals surface area contributed by atoms with Crippen LogP contribution in [0.25, 0.3) is 0 Å². The molecular weight excluding hydrogens is 246 g/mol. The fourth-order valence-electron chi connectivity index (χ4n) is 2.14. The molecule has 0 spiro atoms. The number of nitriles is 1. The van der Waals surface area contributed by atoms with Crippen molar-refractivity contribution in [3.05, 3.63) is 27.9 Å². The molecule has 1 fully saturated rings. The highest BCUT2D eigenvalue weighted by Crippen LogP contribution is 2.21. The van der Waals surface area contributed by atoms with Gasteiger partial charge in [0.05, 0.1) is 17.5 Å². The highest BCUT2D eigenvalue weighted by Gasteiger charge is 2.19. The Morgan fingerprint density at radius 3 is 2.63 bits per heavy atom. The van der Waals surface area contributed by atoms with Gasteiger partial charge in [-0.2, -0.15) is 5.26 Å². The Balaban J connectivity index is 2.06. The number of aryl methyl sites for hydroxylation is 1. The molecular formula is C12H15N5O2. The van der Waals surface area contributed by atoms with Crippen molar-refractivity contribution in [1.29, 1.82) is 5.26 Å². The number of rotatable bonds is 3. The van der Waals surface area contributed by atoms with Gasteiger partial charge in [-0.05, 0) is 13.0 Å². The summed E-state index contributed by atoms with van der Waals surface area (Å²) < 4.78 is 0. The maximum atomic E-state index is 10.7. The SMILES string of the molecule is Cc1nc(N2CCN(CC#N)CC2)ccc1[N+](=O)[O-]. The van der Waals surface area contributed by atoms with Gasteiger partial charge in [0.15, 0.2) is 0 Å². The van der Waals surface area contributed by atoms with Gasteiger partial charge in [-0.3, -0.25) is 15.0 Å². The summed E-state index contributed by atoms with van der Waals surface area (Å²) in [7, 11) is 0. The van der Waals surface area contributed by atoms with E-state index in [0.717, 1.165) is 32.0 Å². The van der Waals surface area contributed by atoms with E-state index in [0.29, 0.717) is 12.2 Å².